The predicted molar refractivity (Wildman–Crippen MR) is 96.1 cm³/mol. The van der Waals surface area contributed by atoms with Gasteiger partial charge in [-0.05, 0) is 23.6 Å². The summed E-state index contributed by atoms with van der Waals surface area (Å²) in [6.07, 6.45) is 1.93. The number of carbonyl (C=O) groups is 1. The Bertz CT molecular complexity index is 974. The van der Waals surface area contributed by atoms with Crippen molar-refractivity contribution in [2.75, 3.05) is 0 Å². The van der Waals surface area contributed by atoms with Crippen LogP contribution in [-0.4, -0.2) is 15.3 Å². The Morgan fingerprint density at radius 2 is 1.88 bits per heavy atom. The van der Waals surface area contributed by atoms with Crippen LogP contribution >= 0.6 is 11.3 Å². The lowest BCUT2D eigenvalue weighted by Crippen LogP contribution is -2.23. The Balaban J connectivity index is 1.75. The molecule has 5 heteroatoms. The lowest BCUT2D eigenvalue weighted by molar-refractivity contribution is 0.0947. The summed E-state index contributed by atoms with van der Waals surface area (Å²) >= 11 is 1.63. The molecule has 0 atom stereocenters. The fourth-order valence-electron chi connectivity index (χ4n) is 2.69. The molecule has 0 spiro atoms. The summed E-state index contributed by atoms with van der Waals surface area (Å²) in [6.45, 7) is 0.513. The van der Waals surface area contributed by atoms with Gasteiger partial charge in [0.25, 0.3) is 5.91 Å². The average Bonchev–Trinajstić information content (AvgIpc) is 3.28. The number of nitrogens with one attached hydrogen (secondary N) is 1. The number of pyridine rings is 1. The number of fused-ring (bicyclic) bond motifs is 1. The quantitative estimate of drug-likeness (QED) is 0.614. The molecule has 0 aliphatic heterocycles. The van der Waals surface area contributed by atoms with E-state index in [1.54, 1.807) is 11.3 Å². The number of amides is 1. The van der Waals surface area contributed by atoms with Gasteiger partial charge in [-0.3, -0.25) is 9.20 Å². The molecule has 1 N–H and O–H groups in total. The third kappa shape index (κ3) is 2.70. The molecular formula is C19H15N3OS. The van der Waals surface area contributed by atoms with Gasteiger partial charge in [-0.2, -0.15) is 0 Å². The molecule has 0 aliphatic rings. The monoisotopic (exact) mass is 333 g/mol. The molecule has 3 heterocycles. The number of hydrogen-bond acceptors (Lipinski definition) is 3. The standard InChI is InChI=1S/C19H15N3OS/c23-19(20-13-15-9-6-12-24-15)17-18(14-7-2-1-3-8-14)22-11-5-4-10-16(22)21-17/h1-12H,13H2,(H,20,23). The van der Waals surface area contributed by atoms with E-state index in [2.05, 4.69) is 10.3 Å². The van der Waals surface area contributed by atoms with Gasteiger partial charge in [0.15, 0.2) is 5.69 Å². The van der Waals surface area contributed by atoms with Crippen molar-refractivity contribution in [3.63, 3.8) is 0 Å². The van der Waals surface area contributed by atoms with Crippen molar-refractivity contribution in [2.45, 2.75) is 6.54 Å². The molecule has 1 aromatic carbocycles. The highest BCUT2D eigenvalue weighted by atomic mass is 32.1. The molecule has 4 aromatic rings. The van der Waals surface area contributed by atoms with Gasteiger partial charge in [0.2, 0.25) is 0 Å². The number of nitrogens with zero attached hydrogens (tertiary/aromatic N) is 2. The molecule has 0 saturated heterocycles. The highest BCUT2D eigenvalue weighted by molar-refractivity contribution is 7.09. The Labute approximate surface area is 143 Å². The van der Waals surface area contributed by atoms with Crippen molar-refractivity contribution >= 4 is 22.9 Å². The Hall–Kier alpha value is -2.92. The lowest BCUT2D eigenvalue weighted by Gasteiger charge is -2.06. The summed E-state index contributed by atoms with van der Waals surface area (Å²) < 4.78 is 1.95. The largest absolute Gasteiger partial charge is 0.346 e. The van der Waals surface area contributed by atoms with Crippen LogP contribution in [0.2, 0.25) is 0 Å². The fraction of sp³-hybridized carbons (Fsp3) is 0.0526. The summed E-state index contributed by atoms with van der Waals surface area (Å²) in [5, 5.41) is 4.97. The molecule has 3 aromatic heterocycles. The van der Waals surface area contributed by atoms with Crippen LogP contribution in [-0.2, 0) is 6.54 Å². The molecule has 0 unspecified atom stereocenters. The van der Waals surface area contributed by atoms with Gasteiger partial charge in [0, 0.05) is 16.6 Å². The molecule has 1 amide bonds. The molecule has 24 heavy (non-hydrogen) atoms. The first kappa shape index (κ1) is 14.7. The van der Waals surface area contributed by atoms with Gasteiger partial charge < -0.3 is 5.32 Å². The number of carbonyl (C=O) groups excluding carboxylic acids is 1. The highest BCUT2D eigenvalue weighted by Crippen LogP contribution is 2.25. The molecule has 4 rings (SSSR count). The number of rotatable bonds is 4. The lowest BCUT2D eigenvalue weighted by atomic mass is 10.1. The van der Waals surface area contributed by atoms with Gasteiger partial charge >= 0.3 is 0 Å². The molecule has 4 nitrogen and oxygen atoms in total. The van der Waals surface area contributed by atoms with Crippen LogP contribution < -0.4 is 5.32 Å². The third-order valence-corrected chi connectivity index (χ3v) is 4.67. The molecule has 0 saturated carbocycles. The number of thiophene rings is 1. The van der Waals surface area contributed by atoms with E-state index in [9.17, 15) is 4.79 Å². The first-order chi connectivity index (χ1) is 11.8. The van der Waals surface area contributed by atoms with E-state index in [-0.39, 0.29) is 5.91 Å². The van der Waals surface area contributed by atoms with E-state index in [1.807, 2.05) is 76.6 Å². The maximum absolute atomic E-state index is 12.7. The van der Waals surface area contributed by atoms with Crippen LogP contribution in [0.5, 0.6) is 0 Å². The van der Waals surface area contributed by atoms with Crippen molar-refractivity contribution < 1.29 is 4.79 Å². The molecule has 0 bridgehead atoms. The number of benzene rings is 1. The second kappa shape index (κ2) is 6.29. The smallest absolute Gasteiger partial charge is 0.272 e. The van der Waals surface area contributed by atoms with Gasteiger partial charge in [-0.25, -0.2) is 4.98 Å². The second-order valence-corrected chi connectivity index (χ2v) is 6.40. The first-order valence-electron chi connectivity index (χ1n) is 7.66. The highest BCUT2D eigenvalue weighted by Gasteiger charge is 2.19. The van der Waals surface area contributed by atoms with Crippen LogP contribution in [0, 0.1) is 0 Å². The topological polar surface area (TPSA) is 46.4 Å². The summed E-state index contributed by atoms with van der Waals surface area (Å²) in [5.74, 6) is -0.161. The molecule has 0 fully saturated rings. The maximum Gasteiger partial charge on any atom is 0.272 e. The zero-order chi connectivity index (χ0) is 16.4. The fourth-order valence-corrected chi connectivity index (χ4v) is 3.33. The Morgan fingerprint density at radius 1 is 1.04 bits per heavy atom. The second-order valence-electron chi connectivity index (χ2n) is 5.37. The molecular weight excluding hydrogens is 318 g/mol. The summed E-state index contributed by atoms with van der Waals surface area (Å²) in [4.78, 5) is 18.4. The van der Waals surface area contributed by atoms with Gasteiger partial charge in [-0.15, -0.1) is 11.3 Å². The summed E-state index contributed by atoms with van der Waals surface area (Å²) in [6, 6.07) is 19.6. The van der Waals surface area contributed by atoms with Crippen LogP contribution in [0.15, 0.2) is 72.2 Å². The van der Waals surface area contributed by atoms with E-state index >= 15 is 0 Å². The van der Waals surface area contributed by atoms with E-state index in [0.717, 1.165) is 21.8 Å². The number of hydrogen-bond donors (Lipinski definition) is 1. The van der Waals surface area contributed by atoms with Crippen molar-refractivity contribution in [3.8, 4) is 11.3 Å². The van der Waals surface area contributed by atoms with E-state index < -0.39 is 0 Å². The van der Waals surface area contributed by atoms with Crippen LogP contribution in [0.3, 0.4) is 0 Å². The van der Waals surface area contributed by atoms with Gasteiger partial charge in [0.1, 0.15) is 5.65 Å². The Morgan fingerprint density at radius 3 is 2.67 bits per heavy atom. The van der Waals surface area contributed by atoms with E-state index in [4.69, 9.17) is 0 Å². The number of imidazole rings is 1. The zero-order valence-corrected chi connectivity index (χ0v) is 13.7. The van der Waals surface area contributed by atoms with E-state index in [1.165, 1.54) is 0 Å². The van der Waals surface area contributed by atoms with E-state index in [0.29, 0.717) is 12.2 Å². The number of aromatic nitrogens is 2. The van der Waals surface area contributed by atoms with Crippen molar-refractivity contribution in [1.82, 2.24) is 14.7 Å². The minimum absolute atomic E-state index is 0.161. The minimum Gasteiger partial charge on any atom is -0.346 e. The molecule has 0 radical (unpaired) electrons. The summed E-state index contributed by atoms with van der Waals surface area (Å²) in [7, 11) is 0. The predicted octanol–water partition coefficient (Wildman–Crippen LogP) is 3.99. The van der Waals surface area contributed by atoms with Crippen LogP contribution in [0.1, 0.15) is 15.4 Å². The molecule has 0 aliphatic carbocycles. The van der Waals surface area contributed by atoms with Crippen molar-refractivity contribution in [1.29, 1.82) is 0 Å². The van der Waals surface area contributed by atoms with Gasteiger partial charge in [-0.1, -0.05) is 42.5 Å². The average molecular weight is 333 g/mol. The third-order valence-electron chi connectivity index (χ3n) is 3.80. The van der Waals surface area contributed by atoms with Crippen LogP contribution in [0.4, 0.5) is 0 Å². The maximum atomic E-state index is 12.7. The van der Waals surface area contributed by atoms with Crippen molar-refractivity contribution in [2.24, 2.45) is 0 Å². The van der Waals surface area contributed by atoms with Crippen LogP contribution in [0.25, 0.3) is 16.9 Å². The normalized spacial score (nSPS) is 10.8. The minimum atomic E-state index is -0.161. The zero-order valence-electron chi connectivity index (χ0n) is 12.8. The summed E-state index contributed by atoms with van der Waals surface area (Å²) in [5.41, 5.74) is 2.99. The van der Waals surface area contributed by atoms with Crippen molar-refractivity contribution in [3.05, 3.63) is 82.8 Å². The SMILES string of the molecule is O=C(NCc1cccs1)c1nc2ccccn2c1-c1ccccc1. The first-order valence-corrected chi connectivity index (χ1v) is 8.54. The Kier molecular flexibility index (Phi) is 3.84. The van der Waals surface area contributed by atoms with Gasteiger partial charge in [0.05, 0.1) is 12.2 Å². The molecule has 118 valence electrons.